The average molecular weight is 240 g/mol. The molecule has 102 valence electrons. The predicted octanol–water partition coefficient (Wildman–Crippen LogP) is 3.28. The van der Waals surface area contributed by atoms with Gasteiger partial charge in [0.2, 0.25) is 0 Å². The summed E-state index contributed by atoms with van der Waals surface area (Å²) in [6.45, 7) is 12.0. The second-order valence-electron chi connectivity index (χ2n) is 5.51. The lowest BCUT2D eigenvalue weighted by Gasteiger charge is -2.25. The third kappa shape index (κ3) is 7.05. The van der Waals surface area contributed by atoms with Crippen molar-refractivity contribution in [3.05, 3.63) is 0 Å². The van der Waals surface area contributed by atoms with Gasteiger partial charge >= 0.3 is 0 Å². The molecule has 2 nitrogen and oxygen atoms in total. The van der Waals surface area contributed by atoms with Gasteiger partial charge < -0.3 is 10.2 Å². The topological polar surface area (TPSA) is 15.3 Å². The van der Waals surface area contributed by atoms with Gasteiger partial charge in [-0.25, -0.2) is 0 Å². The lowest BCUT2D eigenvalue weighted by atomic mass is 10.0. The van der Waals surface area contributed by atoms with Crippen LogP contribution in [0.15, 0.2) is 0 Å². The van der Waals surface area contributed by atoms with Crippen LogP contribution in [0.25, 0.3) is 0 Å². The van der Waals surface area contributed by atoms with E-state index in [1.54, 1.807) is 0 Å². The highest BCUT2D eigenvalue weighted by Crippen LogP contribution is 2.18. The Morgan fingerprint density at radius 2 is 1.82 bits per heavy atom. The molecule has 0 saturated heterocycles. The van der Waals surface area contributed by atoms with Crippen LogP contribution in [0.4, 0.5) is 0 Å². The number of nitrogens with zero attached hydrogens (tertiary/aromatic N) is 1. The van der Waals surface area contributed by atoms with E-state index in [0.29, 0.717) is 0 Å². The first-order valence-corrected chi connectivity index (χ1v) is 7.75. The average Bonchev–Trinajstić information content (AvgIpc) is 3.17. The van der Waals surface area contributed by atoms with Crippen LogP contribution in [-0.4, -0.2) is 37.1 Å². The molecule has 1 aliphatic carbocycles. The highest BCUT2D eigenvalue weighted by molar-refractivity contribution is 4.80. The van der Waals surface area contributed by atoms with Crippen molar-refractivity contribution in [3.63, 3.8) is 0 Å². The van der Waals surface area contributed by atoms with E-state index in [1.165, 1.54) is 64.7 Å². The number of nitrogens with one attached hydrogen (secondary N) is 1. The van der Waals surface area contributed by atoms with Crippen LogP contribution in [0.2, 0.25) is 0 Å². The van der Waals surface area contributed by atoms with E-state index in [4.69, 9.17) is 0 Å². The molecule has 0 unspecified atom stereocenters. The molecule has 0 amide bonds. The van der Waals surface area contributed by atoms with Crippen molar-refractivity contribution in [2.45, 2.75) is 65.3 Å². The van der Waals surface area contributed by atoms with Gasteiger partial charge in [0.15, 0.2) is 0 Å². The lowest BCUT2D eigenvalue weighted by molar-refractivity contribution is 0.229. The maximum atomic E-state index is 3.59. The number of rotatable bonds is 11. The van der Waals surface area contributed by atoms with Crippen molar-refractivity contribution in [1.82, 2.24) is 10.2 Å². The fourth-order valence-electron chi connectivity index (χ4n) is 2.34. The third-order valence-corrected chi connectivity index (χ3v) is 4.03. The summed E-state index contributed by atoms with van der Waals surface area (Å²) in [6.07, 6.45) is 8.18. The SMILES string of the molecule is CCC(CC)CN(CC)CCCCNC1CC1. The summed E-state index contributed by atoms with van der Waals surface area (Å²) in [5.41, 5.74) is 0. The second-order valence-corrected chi connectivity index (χ2v) is 5.51. The summed E-state index contributed by atoms with van der Waals surface area (Å²) in [4.78, 5) is 2.63. The third-order valence-electron chi connectivity index (χ3n) is 4.03. The van der Waals surface area contributed by atoms with E-state index in [0.717, 1.165) is 12.0 Å². The Kier molecular flexibility index (Phi) is 7.87. The molecular formula is C15H32N2. The van der Waals surface area contributed by atoms with Gasteiger partial charge in [-0.3, -0.25) is 0 Å². The van der Waals surface area contributed by atoms with Crippen molar-refractivity contribution in [2.75, 3.05) is 26.2 Å². The fourth-order valence-corrected chi connectivity index (χ4v) is 2.34. The maximum absolute atomic E-state index is 3.59. The Morgan fingerprint density at radius 1 is 1.12 bits per heavy atom. The van der Waals surface area contributed by atoms with E-state index in [1.807, 2.05) is 0 Å². The zero-order chi connectivity index (χ0) is 12.5. The van der Waals surface area contributed by atoms with E-state index in [-0.39, 0.29) is 0 Å². The van der Waals surface area contributed by atoms with Crippen LogP contribution in [0.3, 0.4) is 0 Å². The van der Waals surface area contributed by atoms with Crippen LogP contribution in [-0.2, 0) is 0 Å². The Labute approximate surface area is 108 Å². The largest absolute Gasteiger partial charge is 0.314 e. The number of hydrogen-bond acceptors (Lipinski definition) is 2. The van der Waals surface area contributed by atoms with Crippen molar-refractivity contribution in [3.8, 4) is 0 Å². The predicted molar refractivity (Wildman–Crippen MR) is 76.4 cm³/mol. The zero-order valence-corrected chi connectivity index (χ0v) is 12.2. The highest BCUT2D eigenvalue weighted by atomic mass is 15.1. The van der Waals surface area contributed by atoms with Gasteiger partial charge in [0.25, 0.3) is 0 Å². The normalized spacial score (nSPS) is 16.1. The van der Waals surface area contributed by atoms with E-state index in [9.17, 15) is 0 Å². The number of unbranched alkanes of at least 4 members (excludes halogenated alkanes) is 1. The molecule has 1 aliphatic rings. The molecule has 1 rings (SSSR count). The molecule has 17 heavy (non-hydrogen) atoms. The molecule has 0 aliphatic heterocycles. The summed E-state index contributed by atoms with van der Waals surface area (Å²) >= 11 is 0. The Hall–Kier alpha value is -0.0800. The molecule has 0 aromatic heterocycles. The Morgan fingerprint density at radius 3 is 2.35 bits per heavy atom. The molecule has 0 bridgehead atoms. The molecule has 0 aromatic carbocycles. The fraction of sp³-hybridized carbons (Fsp3) is 1.00. The van der Waals surface area contributed by atoms with Crippen LogP contribution >= 0.6 is 0 Å². The van der Waals surface area contributed by atoms with Gasteiger partial charge in [-0.15, -0.1) is 0 Å². The van der Waals surface area contributed by atoms with Gasteiger partial charge in [-0.1, -0.05) is 33.6 Å². The van der Waals surface area contributed by atoms with Gasteiger partial charge in [-0.2, -0.15) is 0 Å². The van der Waals surface area contributed by atoms with Crippen molar-refractivity contribution >= 4 is 0 Å². The minimum atomic E-state index is 0.877. The molecule has 2 heteroatoms. The molecular weight excluding hydrogens is 208 g/mol. The summed E-state index contributed by atoms with van der Waals surface area (Å²) in [7, 11) is 0. The smallest absolute Gasteiger partial charge is 0.00682 e. The monoisotopic (exact) mass is 240 g/mol. The zero-order valence-electron chi connectivity index (χ0n) is 12.2. The Bertz CT molecular complexity index is 174. The van der Waals surface area contributed by atoms with Crippen molar-refractivity contribution in [1.29, 1.82) is 0 Å². The molecule has 1 N–H and O–H groups in total. The Balaban J connectivity index is 1.99. The summed E-state index contributed by atoms with van der Waals surface area (Å²) in [5, 5.41) is 3.59. The quantitative estimate of drug-likeness (QED) is 0.558. The van der Waals surface area contributed by atoms with Gasteiger partial charge in [-0.05, 0) is 51.2 Å². The lowest BCUT2D eigenvalue weighted by Crippen LogP contribution is -2.30. The molecule has 1 fully saturated rings. The molecule has 0 aromatic rings. The van der Waals surface area contributed by atoms with Crippen molar-refractivity contribution < 1.29 is 0 Å². The van der Waals surface area contributed by atoms with Crippen LogP contribution < -0.4 is 5.32 Å². The van der Waals surface area contributed by atoms with Gasteiger partial charge in [0, 0.05) is 12.6 Å². The van der Waals surface area contributed by atoms with Gasteiger partial charge in [0.1, 0.15) is 0 Å². The summed E-state index contributed by atoms with van der Waals surface area (Å²) in [6, 6.07) is 0.877. The highest BCUT2D eigenvalue weighted by Gasteiger charge is 2.19. The van der Waals surface area contributed by atoms with E-state index >= 15 is 0 Å². The first-order chi connectivity index (χ1) is 8.30. The standard InChI is InChI=1S/C15H32N2/c1-4-14(5-2)13-17(6-3)12-8-7-11-16-15-9-10-15/h14-16H,4-13H2,1-3H3. The van der Waals surface area contributed by atoms with E-state index in [2.05, 4.69) is 31.0 Å². The van der Waals surface area contributed by atoms with Crippen molar-refractivity contribution in [2.24, 2.45) is 5.92 Å². The summed E-state index contributed by atoms with van der Waals surface area (Å²) < 4.78 is 0. The van der Waals surface area contributed by atoms with Crippen LogP contribution in [0.1, 0.15) is 59.3 Å². The first-order valence-electron chi connectivity index (χ1n) is 7.75. The van der Waals surface area contributed by atoms with Crippen LogP contribution in [0.5, 0.6) is 0 Å². The molecule has 0 radical (unpaired) electrons. The van der Waals surface area contributed by atoms with Gasteiger partial charge in [0.05, 0.1) is 0 Å². The minimum absolute atomic E-state index is 0.877. The van der Waals surface area contributed by atoms with E-state index < -0.39 is 0 Å². The molecule has 1 saturated carbocycles. The molecule has 0 spiro atoms. The first kappa shape index (κ1) is 15.0. The molecule has 0 heterocycles. The minimum Gasteiger partial charge on any atom is -0.314 e. The summed E-state index contributed by atoms with van der Waals surface area (Å²) in [5.74, 6) is 0.902. The maximum Gasteiger partial charge on any atom is 0.00682 e. The second kappa shape index (κ2) is 8.93. The number of hydrogen-bond donors (Lipinski definition) is 1. The molecule has 0 atom stereocenters. The van der Waals surface area contributed by atoms with Crippen LogP contribution in [0, 0.1) is 5.92 Å².